The molecule has 0 saturated heterocycles. The molecule has 0 bridgehead atoms. The lowest BCUT2D eigenvalue weighted by Crippen LogP contribution is -2.24. The molecule has 0 aliphatic rings. The second-order valence-electron chi connectivity index (χ2n) is 8.75. The van der Waals surface area contributed by atoms with Gasteiger partial charge in [-0.2, -0.15) is 0 Å². The normalized spacial score (nSPS) is 13.2. The van der Waals surface area contributed by atoms with E-state index in [0.717, 1.165) is 33.6 Å². The van der Waals surface area contributed by atoms with Crippen molar-refractivity contribution in [2.45, 2.75) is 26.8 Å². The van der Waals surface area contributed by atoms with Crippen LogP contribution in [0.25, 0.3) is 27.6 Å². The first-order chi connectivity index (χ1) is 16.8. The summed E-state index contributed by atoms with van der Waals surface area (Å²) in [6.07, 6.45) is 3.61. The summed E-state index contributed by atoms with van der Waals surface area (Å²) >= 11 is 0. The maximum atomic E-state index is 14.2. The van der Waals surface area contributed by atoms with E-state index in [1.54, 1.807) is 17.7 Å². The molecule has 2 heterocycles. The Morgan fingerprint density at radius 3 is 2.46 bits per heavy atom. The lowest BCUT2D eigenvalue weighted by molar-refractivity contribution is 0.735. The lowest BCUT2D eigenvalue weighted by Gasteiger charge is -2.19. The Kier molecular flexibility index (Phi) is 6.78. The van der Waals surface area contributed by atoms with Crippen LogP contribution >= 0.6 is 0 Å². The first-order valence-corrected chi connectivity index (χ1v) is 11.5. The van der Waals surface area contributed by atoms with Gasteiger partial charge in [0, 0.05) is 31.5 Å². The van der Waals surface area contributed by atoms with Crippen molar-refractivity contribution in [1.82, 2.24) is 9.55 Å². The van der Waals surface area contributed by atoms with Gasteiger partial charge in [0.2, 0.25) is 0 Å². The Morgan fingerprint density at radius 2 is 1.77 bits per heavy atom. The fraction of sp³-hybridized carbons (Fsp3) is 0.214. The van der Waals surface area contributed by atoms with Crippen molar-refractivity contribution in [3.8, 4) is 16.8 Å². The van der Waals surface area contributed by atoms with Crippen molar-refractivity contribution >= 4 is 28.1 Å². The van der Waals surface area contributed by atoms with E-state index in [9.17, 15) is 4.79 Å². The van der Waals surface area contributed by atoms with Crippen LogP contribution in [0.15, 0.2) is 87.8 Å². The molecule has 2 aromatic heterocycles. The van der Waals surface area contributed by atoms with Gasteiger partial charge in [0.15, 0.2) is 0 Å². The van der Waals surface area contributed by atoms with Crippen LogP contribution < -0.4 is 16.2 Å². The first-order valence-electron chi connectivity index (χ1n) is 11.5. The van der Waals surface area contributed by atoms with Crippen LogP contribution in [0, 0.1) is 0 Å². The molecule has 4 aromatic rings. The Morgan fingerprint density at radius 1 is 1.03 bits per heavy atom. The molecule has 7 heteroatoms. The van der Waals surface area contributed by atoms with Crippen LogP contribution in [0.5, 0.6) is 0 Å². The smallest absolute Gasteiger partial charge is 0.263 e. The molecule has 2 N–H and O–H groups in total. The number of benzene rings is 2. The first kappa shape index (κ1) is 23.9. The molecule has 35 heavy (non-hydrogen) atoms. The zero-order valence-corrected chi connectivity index (χ0v) is 20.7. The summed E-state index contributed by atoms with van der Waals surface area (Å²) in [5.41, 5.74) is 9.88. The molecule has 1 unspecified atom stereocenters. The molecule has 7 nitrogen and oxygen atoms in total. The number of pyridine rings is 2. The van der Waals surface area contributed by atoms with Crippen LogP contribution in [-0.2, 0) is 0 Å². The van der Waals surface area contributed by atoms with Gasteiger partial charge < -0.3 is 10.6 Å². The third-order valence-corrected chi connectivity index (χ3v) is 5.79. The largest absolute Gasteiger partial charge is 0.387 e. The van der Waals surface area contributed by atoms with Crippen molar-refractivity contribution in [2.24, 2.45) is 15.7 Å². The molecular formula is C28H30N6O. The number of hydrogen-bond donors (Lipinski definition) is 1. The molecule has 0 spiro atoms. The number of aliphatic imine (C=N–C) groups is 2. The van der Waals surface area contributed by atoms with E-state index < -0.39 is 0 Å². The number of anilines is 1. The summed E-state index contributed by atoms with van der Waals surface area (Å²) in [5.74, 6) is 1.00. The molecule has 0 radical (unpaired) electrons. The number of rotatable bonds is 5. The van der Waals surface area contributed by atoms with E-state index >= 15 is 0 Å². The summed E-state index contributed by atoms with van der Waals surface area (Å²) in [5, 5.41) is 1.49. The fourth-order valence-electron chi connectivity index (χ4n) is 4.22. The molecule has 0 saturated carbocycles. The average Bonchev–Trinajstić information content (AvgIpc) is 2.83. The summed E-state index contributed by atoms with van der Waals surface area (Å²) in [6.45, 7) is 5.49. The second-order valence-corrected chi connectivity index (χ2v) is 8.75. The number of nitrogens with two attached hydrogens (primary N) is 1. The van der Waals surface area contributed by atoms with Gasteiger partial charge in [-0.1, -0.05) is 36.4 Å². The van der Waals surface area contributed by atoms with Gasteiger partial charge in [0.05, 0.1) is 34.8 Å². The third kappa shape index (κ3) is 4.99. The molecule has 0 aliphatic carbocycles. The Balaban J connectivity index is 2.02. The van der Waals surface area contributed by atoms with Gasteiger partial charge in [-0.25, -0.2) is 4.99 Å². The fourth-order valence-corrected chi connectivity index (χ4v) is 4.22. The molecule has 178 valence electrons. The van der Waals surface area contributed by atoms with Crippen molar-refractivity contribution in [2.75, 3.05) is 19.0 Å². The predicted molar refractivity (Wildman–Crippen MR) is 146 cm³/mol. The molecule has 4 rings (SSSR count). The van der Waals surface area contributed by atoms with Gasteiger partial charge in [0.1, 0.15) is 5.84 Å². The van der Waals surface area contributed by atoms with Gasteiger partial charge in [0.25, 0.3) is 5.56 Å². The van der Waals surface area contributed by atoms with Crippen molar-refractivity contribution in [3.05, 3.63) is 89.1 Å². The highest BCUT2D eigenvalue weighted by Gasteiger charge is 2.19. The van der Waals surface area contributed by atoms with Crippen LogP contribution in [0.3, 0.4) is 0 Å². The quantitative estimate of drug-likeness (QED) is 0.332. The SMILES string of the molecule is CC(N)=NC(C)=NC(C)c1cc2cccc(-c3cncc(N(C)C)c3)c2c(=O)n1-c1ccccc1. The zero-order valence-electron chi connectivity index (χ0n) is 20.7. The average molecular weight is 467 g/mol. The number of para-hydroxylation sites is 1. The minimum absolute atomic E-state index is 0.104. The van der Waals surface area contributed by atoms with Crippen LogP contribution in [0.2, 0.25) is 0 Å². The number of nitrogens with zero attached hydrogens (tertiary/aromatic N) is 5. The molecule has 0 aliphatic heterocycles. The number of amidine groups is 2. The van der Waals surface area contributed by atoms with E-state index in [4.69, 9.17) is 10.7 Å². The third-order valence-electron chi connectivity index (χ3n) is 5.79. The monoisotopic (exact) mass is 466 g/mol. The van der Waals surface area contributed by atoms with Crippen molar-refractivity contribution in [3.63, 3.8) is 0 Å². The Bertz CT molecular complexity index is 1480. The minimum Gasteiger partial charge on any atom is -0.387 e. The second kappa shape index (κ2) is 9.93. The zero-order chi connectivity index (χ0) is 25.1. The Labute approximate surface area is 205 Å². The predicted octanol–water partition coefficient (Wildman–Crippen LogP) is 4.98. The van der Waals surface area contributed by atoms with Gasteiger partial charge >= 0.3 is 0 Å². The van der Waals surface area contributed by atoms with Crippen LogP contribution in [0.4, 0.5) is 5.69 Å². The van der Waals surface area contributed by atoms with Crippen LogP contribution in [0.1, 0.15) is 32.5 Å². The number of fused-ring (bicyclic) bond motifs is 1. The van der Waals surface area contributed by atoms with Gasteiger partial charge in [-0.05, 0) is 56.0 Å². The summed E-state index contributed by atoms with van der Waals surface area (Å²) < 4.78 is 1.75. The van der Waals surface area contributed by atoms with E-state index in [2.05, 4.69) is 9.98 Å². The summed E-state index contributed by atoms with van der Waals surface area (Å²) in [7, 11) is 3.94. The van der Waals surface area contributed by atoms with E-state index in [-0.39, 0.29) is 11.6 Å². The highest BCUT2D eigenvalue weighted by molar-refractivity contribution is 5.97. The molecule has 1 atom stereocenters. The Hall–Kier alpha value is -4.26. The summed E-state index contributed by atoms with van der Waals surface area (Å²) in [4.78, 5) is 29.5. The maximum absolute atomic E-state index is 14.2. The van der Waals surface area contributed by atoms with Crippen LogP contribution in [-0.4, -0.2) is 35.3 Å². The molecular weight excluding hydrogens is 436 g/mol. The van der Waals surface area contributed by atoms with Gasteiger partial charge in [-0.15, -0.1) is 0 Å². The van der Waals surface area contributed by atoms with Crippen molar-refractivity contribution < 1.29 is 0 Å². The standard InChI is InChI=1S/C28H30N6O/c1-18(31-20(3)32-19(2)29)26-15-21-10-9-13-25(22-14-24(33(4)5)17-30-16-22)27(21)28(35)34(26)23-11-7-6-8-12-23/h6-18H,1-5H3,(H2,29,31,32). The molecule has 0 amide bonds. The van der Waals surface area contributed by atoms with E-state index in [1.807, 2.05) is 99.7 Å². The van der Waals surface area contributed by atoms with Crippen molar-refractivity contribution in [1.29, 1.82) is 0 Å². The van der Waals surface area contributed by atoms with Gasteiger partial charge in [-0.3, -0.25) is 19.3 Å². The highest BCUT2D eigenvalue weighted by atomic mass is 16.1. The summed E-state index contributed by atoms with van der Waals surface area (Å²) in [6, 6.07) is 19.3. The number of hydrogen-bond acceptors (Lipinski definition) is 4. The highest BCUT2D eigenvalue weighted by Crippen LogP contribution is 2.31. The molecule has 0 fully saturated rings. The van der Waals surface area contributed by atoms with E-state index in [0.29, 0.717) is 17.1 Å². The topological polar surface area (TPSA) is 88.9 Å². The molecule has 2 aromatic carbocycles. The maximum Gasteiger partial charge on any atom is 0.263 e. The number of aromatic nitrogens is 2. The minimum atomic E-state index is -0.321. The van der Waals surface area contributed by atoms with E-state index in [1.165, 1.54) is 0 Å². The lowest BCUT2D eigenvalue weighted by atomic mass is 9.98.